The Morgan fingerprint density at radius 2 is 2.15 bits per heavy atom. The summed E-state index contributed by atoms with van der Waals surface area (Å²) in [5, 5.41) is 14.2. The Balaban J connectivity index is 2.72. The van der Waals surface area contributed by atoms with Crippen LogP contribution in [0.5, 0.6) is 0 Å². The second kappa shape index (κ2) is 8.81. The van der Waals surface area contributed by atoms with Crippen molar-refractivity contribution in [2.75, 3.05) is 18.1 Å². The number of nitro benzene ring substituents is 1. The molecule has 1 aromatic carbocycles. The lowest BCUT2D eigenvalue weighted by molar-refractivity contribution is -0.384. The van der Waals surface area contributed by atoms with Crippen molar-refractivity contribution in [3.05, 3.63) is 39.9 Å². The number of nitrogens with zero attached hydrogens (tertiary/aromatic N) is 1. The second-order valence-corrected chi connectivity index (χ2v) is 6.45. The van der Waals surface area contributed by atoms with E-state index in [0.29, 0.717) is 18.1 Å². The molecule has 0 saturated heterocycles. The van der Waals surface area contributed by atoms with Crippen LogP contribution in [0.25, 0.3) is 0 Å². The zero-order valence-corrected chi connectivity index (χ0v) is 12.8. The van der Waals surface area contributed by atoms with E-state index in [2.05, 4.69) is 12.2 Å². The van der Waals surface area contributed by atoms with Crippen LogP contribution in [0.1, 0.15) is 38.3 Å². The molecule has 0 aliphatic rings. The van der Waals surface area contributed by atoms with Gasteiger partial charge in [-0.15, -0.1) is 0 Å². The van der Waals surface area contributed by atoms with Crippen molar-refractivity contribution in [2.24, 2.45) is 0 Å². The van der Waals surface area contributed by atoms with E-state index in [9.17, 15) is 14.3 Å². The maximum absolute atomic E-state index is 11.4. The average molecular weight is 298 g/mol. The lowest BCUT2D eigenvalue weighted by atomic mass is 10.0. The third kappa shape index (κ3) is 5.38. The molecule has 0 heterocycles. The van der Waals surface area contributed by atoms with Crippen LogP contribution in [0.4, 0.5) is 5.69 Å². The summed E-state index contributed by atoms with van der Waals surface area (Å²) < 4.78 is 11.4. The van der Waals surface area contributed by atoms with Gasteiger partial charge in [-0.1, -0.05) is 32.4 Å². The minimum atomic E-state index is -0.786. The fourth-order valence-corrected chi connectivity index (χ4v) is 2.66. The van der Waals surface area contributed by atoms with Crippen LogP contribution < -0.4 is 5.32 Å². The summed E-state index contributed by atoms with van der Waals surface area (Å²) >= 11 is 0. The van der Waals surface area contributed by atoms with E-state index < -0.39 is 10.8 Å². The van der Waals surface area contributed by atoms with Crippen molar-refractivity contribution in [2.45, 2.75) is 32.7 Å². The molecule has 0 aliphatic carbocycles. The Kier molecular flexibility index (Phi) is 7.40. The fraction of sp³-hybridized carbons (Fsp3) is 0.571. The predicted octanol–water partition coefficient (Wildman–Crippen LogP) is 2.79. The lowest BCUT2D eigenvalue weighted by Gasteiger charge is -2.18. The molecular formula is C14H22N2O3S. The van der Waals surface area contributed by atoms with Gasteiger partial charge in [0.15, 0.2) is 0 Å². The van der Waals surface area contributed by atoms with Gasteiger partial charge in [-0.2, -0.15) is 0 Å². The first-order valence-electron chi connectivity index (χ1n) is 6.91. The van der Waals surface area contributed by atoms with E-state index >= 15 is 0 Å². The van der Waals surface area contributed by atoms with Crippen LogP contribution in [0.3, 0.4) is 0 Å². The van der Waals surface area contributed by atoms with E-state index in [-0.39, 0.29) is 16.7 Å². The van der Waals surface area contributed by atoms with Gasteiger partial charge in [0.2, 0.25) is 0 Å². The van der Waals surface area contributed by atoms with Gasteiger partial charge in [0.25, 0.3) is 5.69 Å². The molecule has 1 N–H and O–H groups in total. The Labute approximate surface area is 122 Å². The summed E-state index contributed by atoms with van der Waals surface area (Å²) in [5.74, 6) is 1.28. The molecule has 1 aromatic rings. The molecule has 1 rings (SSSR count). The first-order valence-corrected chi connectivity index (χ1v) is 8.40. The number of benzene rings is 1. The third-order valence-electron chi connectivity index (χ3n) is 3.10. The van der Waals surface area contributed by atoms with Crippen molar-refractivity contribution < 1.29 is 9.13 Å². The van der Waals surface area contributed by atoms with Crippen LogP contribution in [0.15, 0.2) is 24.3 Å². The zero-order chi connectivity index (χ0) is 15.0. The quantitative estimate of drug-likeness (QED) is 0.562. The molecular weight excluding hydrogens is 276 g/mol. The molecule has 0 spiro atoms. The SMILES string of the molecule is CCCC(NCCS(=O)CC)c1cccc([N+](=O)[O-])c1. The molecule has 5 nitrogen and oxygen atoms in total. The van der Waals surface area contributed by atoms with Gasteiger partial charge in [-0.3, -0.25) is 14.3 Å². The summed E-state index contributed by atoms with van der Waals surface area (Å²) in [6.45, 7) is 4.64. The fourth-order valence-electron chi connectivity index (χ4n) is 2.02. The maximum Gasteiger partial charge on any atom is 0.269 e. The minimum absolute atomic E-state index is 0.0776. The van der Waals surface area contributed by atoms with Gasteiger partial charge in [-0.05, 0) is 12.0 Å². The number of nitrogens with one attached hydrogen (secondary N) is 1. The molecule has 0 bridgehead atoms. The molecule has 0 saturated carbocycles. The summed E-state index contributed by atoms with van der Waals surface area (Å²) in [5.41, 5.74) is 1.03. The van der Waals surface area contributed by atoms with Gasteiger partial charge < -0.3 is 5.32 Å². The zero-order valence-electron chi connectivity index (χ0n) is 12.0. The Morgan fingerprint density at radius 1 is 1.40 bits per heavy atom. The highest BCUT2D eigenvalue weighted by Crippen LogP contribution is 2.22. The molecule has 112 valence electrons. The van der Waals surface area contributed by atoms with Crippen LogP contribution in [-0.2, 0) is 10.8 Å². The molecule has 0 amide bonds. The standard InChI is InChI=1S/C14H22N2O3S/c1-3-6-14(15-9-10-20(19)4-2)12-7-5-8-13(11-12)16(17)18/h5,7-8,11,14-15H,3-4,6,9-10H2,1-2H3. The first kappa shape index (κ1) is 16.8. The Morgan fingerprint density at radius 3 is 2.75 bits per heavy atom. The highest BCUT2D eigenvalue weighted by Gasteiger charge is 2.14. The summed E-state index contributed by atoms with van der Waals surface area (Å²) in [6, 6.07) is 6.80. The normalized spacial score (nSPS) is 13.9. The van der Waals surface area contributed by atoms with Crippen LogP contribution in [-0.4, -0.2) is 27.2 Å². The highest BCUT2D eigenvalue weighted by molar-refractivity contribution is 7.84. The third-order valence-corrected chi connectivity index (χ3v) is 4.41. The lowest BCUT2D eigenvalue weighted by Crippen LogP contribution is -2.26. The summed E-state index contributed by atoms with van der Waals surface area (Å²) in [7, 11) is -0.786. The van der Waals surface area contributed by atoms with Gasteiger partial charge in [0.1, 0.15) is 0 Å². The van der Waals surface area contributed by atoms with Crippen LogP contribution in [0.2, 0.25) is 0 Å². The number of rotatable bonds is 9. The summed E-state index contributed by atoms with van der Waals surface area (Å²) in [4.78, 5) is 10.4. The maximum atomic E-state index is 11.4. The van der Waals surface area contributed by atoms with Crippen molar-refractivity contribution in [1.82, 2.24) is 5.32 Å². The smallest absolute Gasteiger partial charge is 0.269 e. The topological polar surface area (TPSA) is 72.2 Å². The molecule has 20 heavy (non-hydrogen) atoms. The van der Waals surface area contributed by atoms with Crippen molar-refractivity contribution in [1.29, 1.82) is 0 Å². The van der Waals surface area contributed by atoms with Crippen molar-refractivity contribution >= 4 is 16.5 Å². The van der Waals surface area contributed by atoms with E-state index in [4.69, 9.17) is 0 Å². The monoisotopic (exact) mass is 298 g/mol. The van der Waals surface area contributed by atoms with Gasteiger partial charge >= 0.3 is 0 Å². The number of hydrogen-bond acceptors (Lipinski definition) is 4. The van der Waals surface area contributed by atoms with Crippen molar-refractivity contribution in [3.63, 3.8) is 0 Å². The van der Waals surface area contributed by atoms with E-state index in [1.807, 2.05) is 13.0 Å². The second-order valence-electron chi connectivity index (χ2n) is 4.58. The molecule has 0 fully saturated rings. The van der Waals surface area contributed by atoms with Gasteiger partial charge in [0, 0.05) is 47.0 Å². The van der Waals surface area contributed by atoms with E-state index in [1.54, 1.807) is 12.1 Å². The number of nitro groups is 1. The molecule has 2 atom stereocenters. The predicted molar refractivity (Wildman–Crippen MR) is 82.3 cm³/mol. The number of non-ortho nitro benzene ring substituents is 1. The molecule has 0 aromatic heterocycles. The average Bonchev–Trinajstić information content (AvgIpc) is 2.46. The molecule has 0 radical (unpaired) electrons. The molecule has 2 unspecified atom stereocenters. The van der Waals surface area contributed by atoms with Gasteiger partial charge in [0.05, 0.1) is 4.92 Å². The van der Waals surface area contributed by atoms with Crippen LogP contribution >= 0.6 is 0 Å². The molecule has 6 heteroatoms. The van der Waals surface area contributed by atoms with E-state index in [0.717, 1.165) is 18.4 Å². The largest absolute Gasteiger partial charge is 0.309 e. The van der Waals surface area contributed by atoms with E-state index in [1.165, 1.54) is 6.07 Å². The molecule has 0 aliphatic heterocycles. The minimum Gasteiger partial charge on any atom is -0.309 e. The highest BCUT2D eigenvalue weighted by atomic mass is 32.2. The van der Waals surface area contributed by atoms with Gasteiger partial charge in [-0.25, -0.2) is 0 Å². The Hall–Kier alpha value is -1.27. The Bertz CT molecular complexity index is 465. The van der Waals surface area contributed by atoms with Crippen molar-refractivity contribution in [3.8, 4) is 0 Å². The number of hydrogen-bond donors (Lipinski definition) is 1. The van der Waals surface area contributed by atoms with Crippen LogP contribution in [0, 0.1) is 10.1 Å². The summed E-state index contributed by atoms with van der Waals surface area (Å²) in [6.07, 6.45) is 1.89. The first-order chi connectivity index (χ1) is 9.58.